The van der Waals surface area contributed by atoms with E-state index in [0.717, 1.165) is 23.7 Å². The molecule has 88 valence electrons. The molecule has 1 aliphatic heterocycles. The molecule has 1 aromatic rings. The number of carbonyl (C=O) groups excluding carboxylic acids is 1. The molecule has 2 rings (SSSR count). The third-order valence-corrected chi connectivity index (χ3v) is 3.38. The third kappa shape index (κ3) is 2.99. The lowest BCUT2D eigenvalue weighted by atomic mass is 10.3. The Morgan fingerprint density at radius 2 is 2.69 bits per heavy atom. The molecule has 6 heteroatoms. The van der Waals surface area contributed by atoms with Crippen molar-refractivity contribution in [2.24, 2.45) is 0 Å². The fraction of sp³-hybridized carbons (Fsp3) is 0.600. The molecule has 0 aliphatic carbocycles. The Bertz CT molecular complexity index is 359. The Balaban J connectivity index is 1.69. The Morgan fingerprint density at radius 3 is 3.31 bits per heavy atom. The van der Waals surface area contributed by atoms with Crippen LogP contribution in [0.1, 0.15) is 5.56 Å². The lowest BCUT2D eigenvalue weighted by Crippen LogP contribution is -2.43. The van der Waals surface area contributed by atoms with Crippen molar-refractivity contribution in [2.75, 3.05) is 18.2 Å². The zero-order chi connectivity index (χ0) is 11.4. The molecule has 1 unspecified atom stereocenters. The average molecular weight is 240 g/mol. The molecule has 1 saturated heterocycles. The van der Waals surface area contributed by atoms with E-state index in [0.29, 0.717) is 6.54 Å². The minimum Gasteiger partial charge on any atom is -0.353 e. The number of amides is 1. The van der Waals surface area contributed by atoms with Gasteiger partial charge >= 0.3 is 0 Å². The highest BCUT2D eigenvalue weighted by Crippen LogP contribution is 2.08. The highest BCUT2D eigenvalue weighted by atomic mass is 32.2. The Labute approximate surface area is 99.0 Å². The van der Waals surface area contributed by atoms with E-state index in [1.165, 1.54) is 0 Å². The van der Waals surface area contributed by atoms with Gasteiger partial charge in [0.2, 0.25) is 5.91 Å². The van der Waals surface area contributed by atoms with Crippen molar-refractivity contribution in [3.63, 3.8) is 0 Å². The Morgan fingerprint density at radius 1 is 1.81 bits per heavy atom. The van der Waals surface area contributed by atoms with Gasteiger partial charge in [-0.25, -0.2) is 0 Å². The molecule has 16 heavy (non-hydrogen) atoms. The molecule has 0 radical (unpaired) electrons. The lowest BCUT2D eigenvalue weighted by Gasteiger charge is -2.10. The molecule has 0 aromatic carbocycles. The first-order valence-corrected chi connectivity index (χ1v) is 6.49. The second kappa shape index (κ2) is 5.36. The van der Waals surface area contributed by atoms with Gasteiger partial charge in [-0.1, -0.05) is 0 Å². The summed E-state index contributed by atoms with van der Waals surface area (Å²) in [7, 11) is 0. The van der Waals surface area contributed by atoms with Crippen molar-refractivity contribution in [3.05, 3.63) is 18.0 Å². The van der Waals surface area contributed by atoms with Crippen LogP contribution >= 0.6 is 11.8 Å². The average Bonchev–Trinajstić information content (AvgIpc) is 2.89. The Hall–Kier alpha value is -1.01. The van der Waals surface area contributed by atoms with E-state index >= 15 is 0 Å². The number of aromatic nitrogens is 2. The van der Waals surface area contributed by atoms with Gasteiger partial charge < -0.3 is 5.32 Å². The van der Waals surface area contributed by atoms with Crippen molar-refractivity contribution in [1.82, 2.24) is 20.4 Å². The van der Waals surface area contributed by atoms with E-state index in [1.54, 1.807) is 11.8 Å². The molecular weight excluding hydrogens is 224 g/mol. The van der Waals surface area contributed by atoms with Crippen LogP contribution in [0.25, 0.3) is 0 Å². The number of nitrogens with zero attached hydrogens (tertiary/aromatic N) is 2. The maximum atomic E-state index is 11.6. The second-order valence-corrected chi connectivity index (χ2v) is 4.87. The highest BCUT2D eigenvalue weighted by molar-refractivity contribution is 7.99. The minimum atomic E-state index is -0.0237. The molecule has 0 bridgehead atoms. The van der Waals surface area contributed by atoms with Gasteiger partial charge in [0, 0.05) is 24.4 Å². The van der Waals surface area contributed by atoms with Crippen molar-refractivity contribution < 1.29 is 4.79 Å². The zero-order valence-electron chi connectivity index (χ0n) is 9.27. The summed E-state index contributed by atoms with van der Waals surface area (Å²) < 4.78 is 1.84. The summed E-state index contributed by atoms with van der Waals surface area (Å²) in [4.78, 5) is 11.6. The standard InChI is InChI=1S/C10H16N4OS/c1-8-4-13-14(5-8)3-2-11-10(15)9-6-16-7-12-9/h4-5,9,12H,2-3,6-7H2,1H3,(H,11,15). The molecule has 2 N–H and O–H groups in total. The van der Waals surface area contributed by atoms with Gasteiger partial charge in [-0.05, 0) is 12.5 Å². The van der Waals surface area contributed by atoms with Gasteiger partial charge in [0.1, 0.15) is 0 Å². The van der Waals surface area contributed by atoms with Crippen LogP contribution in [0.4, 0.5) is 0 Å². The van der Waals surface area contributed by atoms with Crippen LogP contribution in [-0.4, -0.2) is 39.9 Å². The first-order valence-electron chi connectivity index (χ1n) is 5.33. The van der Waals surface area contributed by atoms with E-state index in [9.17, 15) is 4.79 Å². The van der Waals surface area contributed by atoms with Crippen LogP contribution < -0.4 is 10.6 Å². The largest absolute Gasteiger partial charge is 0.353 e. The molecule has 1 atom stereocenters. The number of nitrogens with one attached hydrogen (secondary N) is 2. The number of hydrogen-bond acceptors (Lipinski definition) is 4. The van der Waals surface area contributed by atoms with Crippen molar-refractivity contribution in [1.29, 1.82) is 0 Å². The molecule has 1 amide bonds. The summed E-state index contributed by atoms with van der Waals surface area (Å²) >= 11 is 1.75. The summed E-state index contributed by atoms with van der Waals surface area (Å²) in [5.74, 6) is 1.83. The van der Waals surface area contributed by atoms with Crippen molar-refractivity contribution >= 4 is 17.7 Å². The first kappa shape index (κ1) is 11.5. The van der Waals surface area contributed by atoms with Crippen LogP contribution in [0.5, 0.6) is 0 Å². The van der Waals surface area contributed by atoms with Crippen LogP contribution in [0.2, 0.25) is 0 Å². The van der Waals surface area contributed by atoms with E-state index in [2.05, 4.69) is 15.7 Å². The highest BCUT2D eigenvalue weighted by Gasteiger charge is 2.21. The maximum Gasteiger partial charge on any atom is 0.238 e. The van der Waals surface area contributed by atoms with Crippen LogP contribution in [0.3, 0.4) is 0 Å². The quantitative estimate of drug-likeness (QED) is 0.776. The number of hydrogen-bond donors (Lipinski definition) is 2. The Kier molecular flexibility index (Phi) is 3.84. The normalized spacial score (nSPS) is 19.9. The SMILES string of the molecule is Cc1cnn(CCNC(=O)C2CSCN2)c1. The fourth-order valence-electron chi connectivity index (χ4n) is 1.57. The number of carbonyl (C=O) groups is 1. The predicted octanol–water partition coefficient (Wildman–Crippen LogP) is -0.0298. The van der Waals surface area contributed by atoms with Gasteiger partial charge in [0.25, 0.3) is 0 Å². The molecule has 0 spiro atoms. The molecule has 2 heterocycles. The summed E-state index contributed by atoms with van der Waals surface area (Å²) in [6, 6.07) is -0.0237. The molecule has 1 fully saturated rings. The fourth-order valence-corrected chi connectivity index (χ4v) is 2.51. The maximum absolute atomic E-state index is 11.6. The molecule has 5 nitrogen and oxygen atoms in total. The van der Waals surface area contributed by atoms with Crippen molar-refractivity contribution in [3.8, 4) is 0 Å². The molecule has 0 saturated carbocycles. The second-order valence-electron chi connectivity index (χ2n) is 3.84. The monoisotopic (exact) mass is 240 g/mol. The first-order chi connectivity index (χ1) is 7.75. The van der Waals surface area contributed by atoms with Crippen LogP contribution in [0, 0.1) is 6.92 Å². The number of thioether (sulfide) groups is 1. The minimum absolute atomic E-state index is 0.0237. The summed E-state index contributed by atoms with van der Waals surface area (Å²) in [6.07, 6.45) is 3.78. The van der Waals surface area contributed by atoms with Gasteiger partial charge in [0.05, 0.1) is 18.8 Å². The topological polar surface area (TPSA) is 59.0 Å². The summed E-state index contributed by atoms with van der Waals surface area (Å²) in [5.41, 5.74) is 1.14. The van der Waals surface area contributed by atoms with Gasteiger partial charge in [-0.3, -0.25) is 14.8 Å². The van der Waals surface area contributed by atoms with Crippen LogP contribution in [-0.2, 0) is 11.3 Å². The lowest BCUT2D eigenvalue weighted by molar-refractivity contribution is -0.122. The summed E-state index contributed by atoms with van der Waals surface area (Å²) in [5, 5.41) is 10.2. The summed E-state index contributed by atoms with van der Waals surface area (Å²) in [6.45, 7) is 3.35. The van der Waals surface area contributed by atoms with Gasteiger partial charge in [0.15, 0.2) is 0 Å². The predicted molar refractivity (Wildman–Crippen MR) is 64.2 cm³/mol. The van der Waals surface area contributed by atoms with E-state index in [1.807, 2.05) is 24.0 Å². The van der Waals surface area contributed by atoms with E-state index in [4.69, 9.17) is 0 Å². The smallest absolute Gasteiger partial charge is 0.238 e. The van der Waals surface area contributed by atoms with Gasteiger partial charge in [-0.2, -0.15) is 5.10 Å². The number of rotatable bonds is 4. The van der Waals surface area contributed by atoms with Gasteiger partial charge in [-0.15, -0.1) is 11.8 Å². The molecule has 1 aliphatic rings. The molecular formula is C10H16N4OS. The van der Waals surface area contributed by atoms with Crippen molar-refractivity contribution in [2.45, 2.75) is 19.5 Å². The van der Waals surface area contributed by atoms with Crippen LogP contribution in [0.15, 0.2) is 12.4 Å². The van der Waals surface area contributed by atoms with E-state index in [-0.39, 0.29) is 11.9 Å². The zero-order valence-corrected chi connectivity index (χ0v) is 10.1. The van der Waals surface area contributed by atoms with E-state index < -0.39 is 0 Å². The molecule has 1 aromatic heterocycles. The number of aryl methyl sites for hydroxylation is 1. The third-order valence-electron chi connectivity index (χ3n) is 2.44.